The zero-order chi connectivity index (χ0) is 13.6. The Kier molecular flexibility index (Phi) is 5.16. The lowest BCUT2D eigenvalue weighted by molar-refractivity contribution is -0.130. The van der Waals surface area contributed by atoms with Crippen LogP contribution in [0.1, 0.15) is 26.3 Å². The molecule has 0 heterocycles. The summed E-state index contributed by atoms with van der Waals surface area (Å²) >= 11 is 0. The van der Waals surface area contributed by atoms with Crippen LogP contribution in [0.5, 0.6) is 5.75 Å². The van der Waals surface area contributed by atoms with Crippen LogP contribution in [0.3, 0.4) is 0 Å². The number of rotatable bonds is 5. The highest BCUT2D eigenvalue weighted by molar-refractivity contribution is 5.77. The molecule has 0 saturated heterocycles. The van der Waals surface area contributed by atoms with E-state index in [2.05, 4.69) is 5.32 Å². The van der Waals surface area contributed by atoms with Gasteiger partial charge < -0.3 is 15.2 Å². The number of carbonyl (C=O) groups is 1. The molecule has 100 valence electrons. The van der Waals surface area contributed by atoms with E-state index in [1.54, 1.807) is 12.1 Å². The standard InChI is InChI=1S/C14H21NO3/c1-14(2,3)18-10-13(17)15-9-8-11-4-6-12(16)7-5-11/h4-7,16H,8-10H2,1-3H3,(H,15,17). The van der Waals surface area contributed by atoms with Gasteiger partial charge in [-0.1, -0.05) is 12.1 Å². The van der Waals surface area contributed by atoms with Crippen molar-refractivity contribution in [3.05, 3.63) is 29.8 Å². The van der Waals surface area contributed by atoms with Gasteiger partial charge in [0.05, 0.1) is 5.60 Å². The minimum absolute atomic E-state index is 0.0824. The van der Waals surface area contributed by atoms with Gasteiger partial charge in [0.1, 0.15) is 12.4 Å². The Balaban J connectivity index is 2.21. The predicted octanol–water partition coefficient (Wildman–Crippen LogP) is 1.87. The highest BCUT2D eigenvalue weighted by Crippen LogP contribution is 2.09. The molecule has 18 heavy (non-hydrogen) atoms. The van der Waals surface area contributed by atoms with E-state index >= 15 is 0 Å². The fourth-order valence-electron chi connectivity index (χ4n) is 1.34. The summed E-state index contributed by atoms with van der Waals surface area (Å²) in [5.74, 6) is 0.144. The molecule has 4 nitrogen and oxygen atoms in total. The third kappa shape index (κ3) is 6.25. The summed E-state index contributed by atoms with van der Waals surface area (Å²) in [7, 11) is 0. The number of hydrogen-bond donors (Lipinski definition) is 2. The number of phenols is 1. The Labute approximate surface area is 108 Å². The average Bonchev–Trinajstić information content (AvgIpc) is 2.28. The molecule has 0 aliphatic carbocycles. The van der Waals surface area contributed by atoms with Crippen LogP contribution in [0.2, 0.25) is 0 Å². The number of amides is 1. The molecule has 0 spiro atoms. The molecule has 4 heteroatoms. The molecule has 1 amide bonds. The van der Waals surface area contributed by atoms with E-state index in [1.165, 1.54) is 0 Å². The molecule has 0 atom stereocenters. The van der Waals surface area contributed by atoms with Gasteiger partial charge in [0.2, 0.25) is 5.91 Å². The predicted molar refractivity (Wildman–Crippen MR) is 70.5 cm³/mol. The average molecular weight is 251 g/mol. The van der Waals surface area contributed by atoms with Crippen LogP contribution in [0.15, 0.2) is 24.3 Å². The third-order valence-electron chi connectivity index (χ3n) is 2.31. The van der Waals surface area contributed by atoms with Crippen molar-refractivity contribution in [3.63, 3.8) is 0 Å². The SMILES string of the molecule is CC(C)(C)OCC(=O)NCCc1ccc(O)cc1. The molecule has 1 aromatic carbocycles. The minimum Gasteiger partial charge on any atom is -0.508 e. The van der Waals surface area contributed by atoms with Gasteiger partial charge in [-0.05, 0) is 44.9 Å². The lowest BCUT2D eigenvalue weighted by Gasteiger charge is -2.18. The summed E-state index contributed by atoms with van der Waals surface area (Å²) < 4.78 is 5.36. The van der Waals surface area contributed by atoms with Gasteiger partial charge in [-0.25, -0.2) is 0 Å². The topological polar surface area (TPSA) is 58.6 Å². The van der Waals surface area contributed by atoms with Gasteiger partial charge in [-0.15, -0.1) is 0 Å². The Morgan fingerprint density at radius 2 is 1.89 bits per heavy atom. The number of carbonyl (C=O) groups excluding carboxylic acids is 1. The zero-order valence-electron chi connectivity index (χ0n) is 11.2. The normalized spacial score (nSPS) is 11.3. The van der Waals surface area contributed by atoms with Crippen molar-refractivity contribution in [1.82, 2.24) is 5.32 Å². The molecule has 0 unspecified atom stereocenters. The Morgan fingerprint density at radius 3 is 2.44 bits per heavy atom. The van der Waals surface area contributed by atoms with Crippen molar-refractivity contribution in [3.8, 4) is 5.75 Å². The fourth-order valence-corrected chi connectivity index (χ4v) is 1.34. The zero-order valence-corrected chi connectivity index (χ0v) is 11.2. The van der Waals surface area contributed by atoms with Crippen LogP contribution >= 0.6 is 0 Å². The van der Waals surface area contributed by atoms with E-state index in [9.17, 15) is 4.79 Å². The minimum atomic E-state index is -0.297. The lowest BCUT2D eigenvalue weighted by atomic mass is 10.1. The number of hydrogen-bond acceptors (Lipinski definition) is 3. The van der Waals surface area contributed by atoms with Gasteiger partial charge in [-0.3, -0.25) is 4.79 Å². The number of phenolic OH excluding ortho intramolecular Hbond substituents is 1. The van der Waals surface area contributed by atoms with Crippen LogP contribution in [0, 0.1) is 0 Å². The molecule has 0 aliphatic rings. The van der Waals surface area contributed by atoms with E-state index in [0.717, 1.165) is 12.0 Å². The molecule has 0 saturated carbocycles. The van der Waals surface area contributed by atoms with Crippen LogP contribution in [-0.4, -0.2) is 29.8 Å². The van der Waals surface area contributed by atoms with Gasteiger partial charge >= 0.3 is 0 Å². The maximum Gasteiger partial charge on any atom is 0.246 e. The van der Waals surface area contributed by atoms with Crippen LogP contribution in [0.4, 0.5) is 0 Å². The molecular weight excluding hydrogens is 230 g/mol. The second-order valence-electron chi connectivity index (χ2n) is 5.17. The summed E-state index contributed by atoms with van der Waals surface area (Å²) in [4.78, 5) is 11.5. The largest absolute Gasteiger partial charge is 0.508 e. The third-order valence-corrected chi connectivity index (χ3v) is 2.31. The molecule has 1 aromatic rings. The van der Waals surface area contributed by atoms with Crippen molar-refractivity contribution < 1.29 is 14.6 Å². The highest BCUT2D eigenvalue weighted by Gasteiger charge is 2.12. The first kappa shape index (κ1) is 14.5. The van der Waals surface area contributed by atoms with Crippen LogP contribution < -0.4 is 5.32 Å². The first-order chi connectivity index (χ1) is 8.37. The van der Waals surface area contributed by atoms with Gasteiger partial charge in [0, 0.05) is 6.54 Å². The Bertz CT molecular complexity index is 379. The maximum absolute atomic E-state index is 11.5. The fraction of sp³-hybridized carbons (Fsp3) is 0.500. The van der Waals surface area contributed by atoms with Crippen molar-refractivity contribution in [2.75, 3.05) is 13.2 Å². The Hall–Kier alpha value is -1.55. The first-order valence-electron chi connectivity index (χ1n) is 6.05. The second-order valence-corrected chi connectivity index (χ2v) is 5.17. The van der Waals surface area contributed by atoms with Crippen molar-refractivity contribution in [1.29, 1.82) is 0 Å². The lowest BCUT2D eigenvalue weighted by Crippen LogP contribution is -2.33. The molecule has 0 fully saturated rings. The van der Waals surface area contributed by atoms with Crippen molar-refractivity contribution in [2.24, 2.45) is 0 Å². The molecule has 0 aliphatic heterocycles. The molecule has 0 aromatic heterocycles. The molecule has 1 rings (SSSR count). The maximum atomic E-state index is 11.5. The summed E-state index contributed by atoms with van der Waals surface area (Å²) in [5.41, 5.74) is 0.777. The Morgan fingerprint density at radius 1 is 1.28 bits per heavy atom. The summed E-state index contributed by atoms with van der Waals surface area (Å²) in [6.45, 7) is 6.39. The van der Waals surface area contributed by atoms with Crippen LogP contribution in [-0.2, 0) is 16.0 Å². The molecule has 0 radical (unpaired) electrons. The number of aromatic hydroxyl groups is 1. The first-order valence-corrected chi connectivity index (χ1v) is 6.05. The monoisotopic (exact) mass is 251 g/mol. The van der Waals surface area contributed by atoms with E-state index in [0.29, 0.717) is 6.54 Å². The second kappa shape index (κ2) is 6.40. The number of ether oxygens (including phenoxy) is 1. The van der Waals surface area contributed by atoms with E-state index in [4.69, 9.17) is 9.84 Å². The number of benzene rings is 1. The summed E-state index contributed by atoms with van der Waals surface area (Å²) in [6.07, 6.45) is 0.738. The van der Waals surface area contributed by atoms with Crippen molar-refractivity contribution in [2.45, 2.75) is 32.8 Å². The van der Waals surface area contributed by atoms with Gasteiger partial charge in [-0.2, -0.15) is 0 Å². The molecule has 0 bridgehead atoms. The quantitative estimate of drug-likeness (QED) is 0.840. The molecular formula is C14H21NO3. The number of nitrogens with one attached hydrogen (secondary N) is 1. The summed E-state index contributed by atoms with van der Waals surface area (Å²) in [6, 6.07) is 6.96. The van der Waals surface area contributed by atoms with E-state index in [-0.39, 0.29) is 23.9 Å². The van der Waals surface area contributed by atoms with Crippen LogP contribution in [0.25, 0.3) is 0 Å². The van der Waals surface area contributed by atoms with E-state index in [1.807, 2.05) is 32.9 Å². The van der Waals surface area contributed by atoms with Crippen molar-refractivity contribution >= 4 is 5.91 Å². The van der Waals surface area contributed by atoms with Gasteiger partial charge in [0.15, 0.2) is 0 Å². The highest BCUT2D eigenvalue weighted by atomic mass is 16.5. The smallest absolute Gasteiger partial charge is 0.246 e. The molecule has 2 N–H and O–H groups in total. The summed E-state index contributed by atoms with van der Waals surface area (Å²) in [5, 5.41) is 11.9. The van der Waals surface area contributed by atoms with Gasteiger partial charge in [0.25, 0.3) is 0 Å². The van der Waals surface area contributed by atoms with E-state index < -0.39 is 0 Å².